The molecule has 1 aliphatic heterocycles. The van der Waals surface area contributed by atoms with E-state index in [1.165, 1.54) is 19.1 Å². The van der Waals surface area contributed by atoms with Crippen LogP contribution >= 0.6 is 0 Å². The molecule has 0 spiro atoms. The van der Waals surface area contributed by atoms with Crippen LogP contribution in [0.5, 0.6) is 11.5 Å². The lowest BCUT2D eigenvalue weighted by Crippen LogP contribution is -2.49. The van der Waals surface area contributed by atoms with E-state index in [2.05, 4.69) is 5.32 Å². The number of urea groups is 1. The normalized spacial score (nSPS) is 18.6. The first-order valence-electron chi connectivity index (χ1n) is 7.96. The third-order valence-corrected chi connectivity index (χ3v) is 5.72. The van der Waals surface area contributed by atoms with E-state index in [0.29, 0.717) is 31.1 Å². The van der Waals surface area contributed by atoms with E-state index in [4.69, 9.17) is 14.2 Å². The second-order valence-corrected chi connectivity index (χ2v) is 7.89. The van der Waals surface area contributed by atoms with E-state index in [1.54, 1.807) is 18.2 Å². The van der Waals surface area contributed by atoms with Gasteiger partial charge in [-0.3, -0.25) is 0 Å². The molecule has 9 heteroatoms. The molecule has 8 nitrogen and oxygen atoms in total. The average Bonchev–Trinajstić information content (AvgIpc) is 2.95. The second kappa shape index (κ2) is 8.91. The number of rotatable bonds is 8. The van der Waals surface area contributed by atoms with Crippen LogP contribution in [0, 0.1) is 0 Å². The highest BCUT2D eigenvalue weighted by Crippen LogP contribution is 2.25. The van der Waals surface area contributed by atoms with Gasteiger partial charge in [-0.15, -0.1) is 0 Å². The predicted molar refractivity (Wildman–Crippen MR) is 92.7 cm³/mol. The standard InChI is InChI=1S/C16H24N2O6S/c1-22-9-8-18(13-7-10-25(20,21)11-13)16(19)17-12-24-15-6-4-3-5-14(15)23-2/h3-6,13H,7-12H2,1-2H3,(H,17,19). The van der Waals surface area contributed by atoms with Gasteiger partial charge >= 0.3 is 6.03 Å². The molecule has 0 radical (unpaired) electrons. The topological polar surface area (TPSA) is 94.2 Å². The van der Waals surface area contributed by atoms with Crippen LogP contribution in [0.25, 0.3) is 0 Å². The number of para-hydroxylation sites is 2. The smallest absolute Gasteiger partial charge is 0.320 e. The van der Waals surface area contributed by atoms with Crippen molar-refractivity contribution >= 4 is 15.9 Å². The van der Waals surface area contributed by atoms with E-state index >= 15 is 0 Å². The van der Waals surface area contributed by atoms with Gasteiger partial charge in [0.1, 0.15) is 0 Å². The molecule has 2 amide bonds. The number of carbonyl (C=O) groups excluding carboxylic acids is 1. The van der Waals surface area contributed by atoms with Gasteiger partial charge in [-0.25, -0.2) is 13.2 Å². The first-order valence-corrected chi connectivity index (χ1v) is 9.78. The quantitative estimate of drug-likeness (QED) is 0.681. The van der Waals surface area contributed by atoms with Gasteiger partial charge in [0.2, 0.25) is 0 Å². The zero-order valence-electron chi connectivity index (χ0n) is 14.4. The number of sulfone groups is 1. The van der Waals surface area contributed by atoms with Gasteiger partial charge in [-0.2, -0.15) is 0 Å². The van der Waals surface area contributed by atoms with Crippen LogP contribution in [-0.4, -0.2) is 71.0 Å². The number of hydrogen-bond donors (Lipinski definition) is 1. The molecule has 1 heterocycles. The largest absolute Gasteiger partial charge is 0.493 e. The van der Waals surface area contributed by atoms with E-state index in [-0.39, 0.29) is 30.3 Å². The highest BCUT2D eigenvalue weighted by atomic mass is 32.2. The first kappa shape index (κ1) is 19.3. The van der Waals surface area contributed by atoms with Crippen molar-refractivity contribution in [2.45, 2.75) is 12.5 Å². The Bertz CT molecular complexity index is 679. The summed E-state index contributed by atoms with van der Waals surface area (Å²) < 4.78 is 39.1. The molecule has 1 atom stereocenters. The predicted octanol–water partition coefficient (Wildman–Crippen LogP) is 0.877. The van der Waals surface area contributed by atoms with Crippen LogP contribution in [0.1, 0.15) is 6.42 Å². The molecule has 1 aromatic carbocycles. The van der Waals surface area contributed by atoms with Gasteiger partial charge in [0.15, 0.2) is 28.1 Å². The monoisotopic (exact) mass is 372 g/mol. The molecule has 1 saturated heterocycles. The Morgan fingerprint density at radius 2 is 2.00 bits per heavy atom. The molecule has 1 aliphatic rings. The SMILES string of the molecule is COCCN(C(=O)NCOc1ccccc1OC)C1CCS(=O)(=O)C1. The van der Waals surface area contributed by atoms with Crippen LogP contribution in [0.2, 0.25) is 0 Å². The van der Waals surface area contributed by atoms with Crippen molar-refractivity contribution in [3.05, 3.63) is 24.3 Å². The summed E-state index contributed by atoms with van der Waals surface area (Å²) in [6, 6.07) is 6.38. The molecule has 1 fully saturated rings. The number of methoxy groups -OCH3 is 2. The summed E-state index contributed by atoms with van der Waals surface area (Å²) in [5.74, 6) is 1.16. The van der Waals surface area contributed by atoms with E-state index in [9.17, 15) is 13.2 Å². The summed E-state index contributed by atoms with van der Waals surface area (Å²) >= 11 is 0. The molecule has 1 unspecified atom stereocenters. The van der Waals surface area contributed by atoms with Crippen molar-refractivity contribution in [1.82, 2.24) is 10.2 Å². The Balaban J connectivity index is 1.93. The number of carbonyl (C=O) groups is 1. The minimum atomic E-state index is -3.08. The molecule has 0 saturated carbocycles. The lowest BCUT2D eigenvalue weighted by atomic mass is 10.2. The second-order valence-electron chi connectivity index (χ2n) is 5.66. The van der Waals surface area contributed by atoms with Crippen LogP contribution in [-0.2, 0) is 14.6 Å². The summed E-state index contributed by atoms with van der Waals surface area (Å²) in [7, 11) is -0.0123. The van der Waals surface area contributed by atoms with Gasteiger partial charge in [0, 0.05) is 19.7 Å². The molecule has 25 heavy (non-hydrogen) atoms. The minimum Gasteiger partial charge on any atom is -0.493 e. The van der Waals surface area contributed by atoms with Crippen molar-refractivity contribution in [3.63, 3.8) is 0 Å². The molecule has 2 rings (SSSR count). The van der Waals surface area contributed by atoms with Gasteiger partial charge in [-0.05, 0) is 18.6 Å². The fourth-order valence-electron chi connectivity index (χ4n) is 2.68. The van der Waals surface area contributed by atoms with Crippen LogP contribution in [0.3, 0.4) is 0 Å². The lowest BCUT2D eigenvalue weighted by Gasteiger charge is -2.28. The Morgan fingerprint density at radius 3 is 2.60 bits per heavy atom. The zero-order valence-corrected chi connectivity index (χ0v) is 15.3. The Hall–Kier alpha value is -2.00. The van der Waals surface area contributed by atoms with Gasteiger partial charge in [0.05, 0.1) is 25.2 Å². The maximum absolute atomic E-state index is 12.4. The summed E-state index contributed by atoms with van der Waals surface area (Å²) in [5.41, 5.74) is 0. The zero-order chi connectivity index (χ0) is 18.3. The summed E-state index contributed by atoms with van der Waals surface area (Å²) in [4.78, 5) is 13.9. The molecule has 0 bridgehead atoms. The Kier molecular flexibility index (Phi) is 6.89. The van der Waals surface area contributed by atoms with Crippen molar-refractivity contribution in [1.29, 1.82) is 0 Å². The number of benzene rings is 1. The van der Waals surface area contributed by atoms with Crippen molar-refractivity contribution in [2.75, 3.05) is 45.6 Å². The fourth-order valence-corrected chi connectivity index (χ4v) is 4.41. The van der Waals surface area contributed by atoms with Crippen molar-refractivity contribution in [3.8, 4) is 11.5 Å². The maximum Gasteiger partial charge on any atom is 0.320 e. The van der Waals surface area contributed by atoms with Crippen molar-refractivity contribution in [2.24, 2.45) is 0 Å². The molecule has 0 aliphatic carbocycles. The molecule has 1 aromatic rings. The van der Waals surface area contributed by atoms with Crippen LogP contribution < -0.4 is 14.8 Å². The number of ether oxygens (including phenoxy) is 3. The van der Waals surface area contributed by atoms with Gasteiger partial charge in [-0.1, -0.05) is 12.1 Å². The molecule has 140 valence electrons. The number of amides is 2. The summed E-state index contributed by atoms with van der Waals surface area (Å²) in [6.45, 7) is 0.594. The number of hydrogen-bond acceptors (Lipinski definition) is 6. The minimum absolute atomic E-state index is 0.0164. The van der Waals surface area contributed by atoms with Crippen molar-refractivity contribution < 1.29 is 27.4 Å². The molecule has 0 aromatic heterocycles. The lowest BCUT2D eigenvalue weighted by molar-refractivity contribution is 0.129. The molecule has 1 N–H and O–H groups in total. The highest BCUT2D eigenvalue weighted by Gasteiger charge is 2.34. The van der Waals surface area contributed by atoms with Gasteiger partial charge < -0.3 is 24.4 Å². The summed E-state index contributed by atoms with van der Waals surface area (Å²) in [5, 5.41) is 2.65. The fraction of sp³-hybridized carbons (Fsp3) is 0.562. The summed E-state index contributed by atoms with van der Waals surface area (Å²) in [6.07, 6.45) is 0.437. The Labute approximate surface area is 148 Å². The van der Waals surface area contributed by atoms with E-state index in [0.717, 1.165) is 0 Å². The maximum atomic E-state index is 12.4. The number of nitrogens with zero attached hydrogens (tertiary/aromatic N) is 1. The average molecular weight is 372 g/mol. The third kappa shape index (κ3) is 5.50. The number of nitrogens with one attached hydrogen (secondary N) is 1. The van der Waals surface area contributed by atoms with Crippen LogP contribution in [0.4, 0.5) is 4.79 Å². The highest BCUT2D eigenvalue weighted by molar-refractivity contribution is 7.91. The van der Waals surface area contributed by atoms with Gasteiger partial charge in [0.25, 0.3) is 0 Å². The molecular formula is C16H24N2O6S. The van der Waals surface area contributed by atoms with E-state index < -0.39 is 9.84 Å². The van der Waals surface area contributed by atoms with E-state index in [1.807, 2.05) is 6.07 Å². The van der Waals surface area contributed by atoms with Crippen LogP contribution in [0.15, 0.2) is 24.3 Å². The Morgan fingerprint density at radius 1 is 1.28 bits per heavy atom. The first-order chi connectivity index (χ1) is 12.0. The third-order valence-electron chi connectivity index (χ3n) is 3.97. The molecular weight excluding hydrogens is 348 g/mol.